The number of hydrogen-bond acceptors (Lipinski definition) is 3. The number of amides is 1. The summed E-state index contributed by atoms with van der Waals surface area (Å²) in [6.07, 6.45) is 5.76. The predicted octanol–water partition coefficient (Wildman–Crippen LogP) is 1.35. The summed E-state index contributed by atoms with van der Waals surface area (Å²) in [5.74, 6) is 1.47. The number of carbonyl (C=O) groups excluding carboxylic acids is 1. The number of piperidine rings is 1. The number of likely N-dealkylation sites (tertiary alicyclic amines) is 1. The van der Waals surface area contributed by atoms with Crippen molar-refractivity contribution >= 4 is 5.91 Å². The molecule has 0 unspecified atom stereocenters. The summed E-state index contributed by atoms with van der Waals surface area (Å²) in [4.78, 5) is 14.5. The maximum absolute atomic E-state index is 12.0. The normalized spacial score (nSPS) is 23.6. The van der Waals surface area contributed by atoms with E-state index in [1.165, 1.54) is 19.4 Å². The highest BCUT2D eigenvalue weighted by atomic mass is 16.2. The van der Waals surface area contributed by atoms with Crippen molar-refractivity contribution in [1.82, 2.24) is 10.2 Å². The molecular formula is C15H29N3O. The molecule has 0 aromatic rings. The van der Waals surface area contributed by atoms with Gasteiger partial charge in [0.1, 0.15) is 0 Å². The largest absolute Gasteiger partial charge is 0.352 e. The van der Waals surface area contributed by atoms with E-state index in [0.717, 1.165) is 38.3 Å². The Labute approximate surface area is 117 Å². The Morgan fingerprint density at radius 1 is 1.26 bits per heavy atom. The van der Waals surface area contributed by atoms with Crippen molar-refractivity contribution in [2.24, 2.45) is 17.6 Å². The minimum atomic E-state index is -0.343. The van der Waals surface area contributed by atoms with E-state index in [1.54, 1.807) is 0 Å². The molecule has 0 aromatic heterocycles. The SMILES string of the molecule is CC(C)C[C@H](N)C(=O)NC1CCN(CC2CC2)CC1. The molecule has 19 heavy (non-hydrogen) atoms. The molecule has 4 nitrogen and oxygen atoms in total. The summed E-state index contributed by atoms with van der Waals surface area (Å²) in [6.45, 7) is 7.72. The van der Waals surface area contributed by atoms with Gasteiger partial charge >= 0.3 is 0 Å². The van der Waals surface area contributed by atoms with Crippen LogP contribution in [0, 0.1) is 11.8 Å². The smallest absolute Gasteiger partial charge is 0.237 e. The number of nitrogens with two attached hydrogens (primary N) is 1. The van der Waals surface area contributed by atoms with E-state index in [9.17, 15) is 4.79 Å². The maximum Gasteiger partial charge on any atom is 0.237 e. The van der Waals surface area contributed by atoms with Crippen molar-refractivity contribution in [2.75, 3.05) is 19.6 Å². The first-order valence-electron chi connectivity index (χ1n) is 7.83. The van der Waals surface area contributed by atoms with Crippen molar-refractivity contribution in [1.29, 1.82) is 0 Å². The molecule has 1 aliphatic heterocycles. The van der Waals surface area contributed by atoms with Gasteiger partial charge in [0.2, 0.25) is 5.91 Å². The van der Waals surface area contributed by atoms with Crippen LogP contribution in [0.3, 0.4) is 0 Å². The van der Waals surface area contributed by atoms with Crippen LogP contribution in [0.25, 0.3) is 0 Å². The van der Waals surface area contributed by atoms with E-state index < -0.39 is 0 Å². The Morgan fingerprint density at radius 2 is 1.89 bits per heavy atom. The van der Waals surface area contributed by atoms with Crippen molar-refractivity contribution in [3.8, 4) is 0 Å². The first-order chi connectivity index (χ1) is 9.04. The molecule has 1 aliphatic carbocycles. The number of carbonyl (C=O) groups is 1. The number of rotatable bonds is 6. The van der Waals surface area contributed by atoms with Crippen LogP contribution in [0.1, 0.15) is 46.0 Å². The molecule has 2 rings (SSSR count). The molecule has 0 spiro atoms. The standard InChI is InChI=1S/C15H29N3O/c1-11(2)9-14(16)15(19)17-13-5-7-18(8-6-13)10-12-3-4-12/h11-14H,3-10,16H2,1-2H3,(H,17,19)/t14-/m0/s1. The second kappa shape index (κ2) is 6.71. The third-order valence-electron chi connectivity index (χ3n) is 4.21. The molecule has 4 heteroatoms. The van der Waals surface area contributed by atoms with Crippen LogP contribution in [-0.4, -0.2) is 42.5 Å². The zero-order valence-electron chi connectivity index (χ0n) is 12.4. The van der Waals surface area contributed by atoms with Gasteiger partial charge in [-0.05, 0) is 43.9 Å². The maximum atomic E-state index is 12.0. The van der Waals surface area contributed by atoms with Crippen LogP contribution in [0.15, 0.2) is 0 Å². The Kier molecular flexibility index (Phi) is 5.22. The molecule has 0 radical (unpaired) electrons. The summed E-state index contributed by atoms with van der Waals surface area (Å²) in [6, 6.07) is -0.00865. The number of nitrogens with zero attached hydrogens (tertiary/aromatic N) is 1. The highest BCUT2D eigenvalue weighted by molar-refractivity contribution is 5.81. The molecule has 1 heterocycles. The van der Waals surface area contributed by atoms with Gasteiger partial charge in [0, 0.05) is 25.7 Å². The van der Waals surface area contributed by atoms with Crippen LogP contribution >= 0.6 is 0 Å². The molecule has 0 aromatic carbocycles. The zero-order chi connectivity index (χ0) is 13.8. The summed E-state index contributed by atoms with van der Waals surface area (Å²) in [7, 11) is 0. The zero-order valence-corrected chi connectivity index (χ0v) is 12.4. The molecule has 2 aliphatic rings. The van der Waals surface area contributed by atoms with Crippen LogP contribution in [0.2, 0.25) is 0 Å². The van der Waals surface area contributed by atoms with Crippen LogP contribution in [0.4, 0.5) is 0 Å². The van der Waals surface area contributed by atoms with Gasteiger partial charge in [0.25, 0.3) is 0 Å². The van der Waals surface area contributed by atoms with Gasteiger partial charge in [-0.15, -0.1) is 0 Å². The van der Waals surface area contributed by atoms with Gasteiger partial charge in [0.05, 0.1) is 6.04 Å². The lowest BCUT2D eigenvalue weighted by molar-refractivity contribution is -0.123. The Hall–Kier alpha value is -0.610. The van der Waals surface area contributed by atoms with Crippen LogP contribution in [-0.2, 0) is 4.79 Å². The predicted molar refractivity (Wildman–Crippen MR) is 77.8 cm³/mol. The van der Waals surface area contributed by atoms with Gasteiger partial charge < -0.3 is 16.0 Å². The highest BCUT2D eigenvalue weighted by Gasteiger charge is 2.28. The minimum Gasteiger partial charge on any atom is -0.352 e. The van der Waals surface area contributed by atoms with Crippen molar-refractivity contribution in [3.63, 3.8) is 0 Å². The molecule has 1 atom stereocenters. The molecule has 1 saturated heterocycles. The van der Waals surface area contributed by atoms with Crippen molar-refractivity contribution in [2.45, 2.75) is 58.0 Å². The third-order valence-corrected chi connectivity index (χ3v) is 4.21. The fraction of sp³-hybridized carbons (Fsp3) is 0.933. The Balaban J connectivity index is 1.65. The Morgan fingerprint density at radius 3 is 2.42 bits per heavy atom. The third kappa shape index (κ3) is 5.11. The summed E-state index contributed by atoms with van der Waals surface area (Å²) < 4.78 is 0. The molecule has 1 saturated carbocycles. The quantitative estimate of drug-likeness (QED) is 0.764. The van der Waals surface area contributed by atoms with Gasteiger partial charge in [-0.1, -0.05) is 13.8 Å². The first kappa shape index (κ1) is 14.8. The van der Waals surface area contributed by atoms with Gasteiger partial charge in [-0.2, -0.15) is 0 Å². The molecule has 3 N–H and O–H groups in total. The topological polar surface area (TPSA) is 58.4 Å². The fourth-order valence-corrected chi connectivity index (χ4v) is 2.85. The van der Waals surface area contributed by atoms with Crippen LogP contribution < -0.4 is 11.1 Å². The van der Waals surface area contributed by atoms with E-state index in [4.69, 9.17) is 5.73 Å². The second-order valence-electron chi connectivity index (χ2n) is 6.76. The van der Waals surface area contributed by atoms with Gasteiger partial charge in [0.15, 0.2) is 0 Å². The lowest BCUT2D eigenvalue weighted by Crippen LogP contribution is -2.50. The lowest BCUT2D eigenvalue weighted by atomic mass is 10.0. The average Bonchev–Trinajstić information content (AvgIpc) is 3.14. The van der Waals surface area contributed by atoms with Gasteiger partial charge in [-0.25, -0.2) is 0 Å². The second-order valence-corrected chi connectivity index (χ2v) is 6.76. The summed E-state index contributed by atoms with van der Waals surface area (Å²) >= 11 is 0. The summed E-state index contributed by atoms with van der Waals surface area (Å²) in [5.41, 5.74) is 5.91. The average molecular weight is 267 g/mol. The van der Waals surface area contributed by atoms with Crippen molar-refractivity contribution < 1.29 is 4.79 Å². The van der Waals surface area contributed by atoms with E-state index in [-0.39, 0.29) is 11.9 Å². The molecule has 1 amide bonds. The van der Waals surface area contributed by atoms with Gasteiger partial charge in [-0.3, -0.25) is 4.79 Å². The van der Waals surface area contributed by atoms with Crippen molar-refractivity contribution in [3.05, 3.63) is 0 Å². The number of hydrogen-bond donors (Lipinski definition) is 2. The number of nitrogens with one attached hydrogen (secondary N) is 1. The van der Waals surface area contributed by atoms with E-state index in [0.29, 0.717) is 12.0 Å². The Bertz CT molecular complexity index is 294. The lowest BCUT2D eigenvalue weighted by Gasteiger charge is -2.33. The highest BCUT2D eigenvalue weighted by Crippen LogP contribution is 2.30. The molecule has 0 bridgehead atoms. The summed E-state index contributed by atoms with van der Waals surface area (Å²) in [5, 5.41) is 3.12. The minimum absolute atomic E-state index is 0.0364. The van der Waals surface area contributed by atoms with Crippen LogP contribution in [0.5, 0.6) is 0 Å². The fourth-order valence-electron chi connectivity index (χ4n) is 2.85. The van der Waals surface area contributed by atoms with E-state index in [1.807, 2.05) is 0 Å². The molecule has 110 valence electrons. The molecule has 2 fully saturated rings. The monoisotopic (exact) mass is 267 g/mol. The van der Waals surface area contributed by atoms with E-state index in [2.05, 4.69) is 24.1 Å². The molecular weight excluding hydrogens is 238 g/mol. The first-order valence-corrected chi connectivity index (χ1v) is 7.83. The van der Waals surface area contributed by atoms with E-state index >= 15 is 0 Å².